The average molecular weight is 297 g/mol. The van der Waals surface area contributed by atoms with Crippen LogP contribution in [0.3, 0.4) is 0 Å². The van der Waals surface area contributed by atoms with Crippen LogP contribution in [-0.2, 0) is 7.05 Å². The molecule has 7 heteroatoms. The molecular formula is C12H10Cl2N4O. The van der Waals surface area contributed by atoms with Gasteiger partial charge in [-0.15, -0.1) is 0 Å². The molecule has 0 radical (unpaired) electrons. The first-order chi connectivity index (χ1) is 9.09. The van der Waals surface area contributed by atoms with Crippen LogP contribution < -0.4 is 11.0 Å². The molecule has 0 unspecified atom stereocenters. The molecule has 0 atom stereocenters. The average Bonchev–Trinajstić information content (AvgIpc) is 2.45. The van der Waals surface area contributed by atoms with Crippen molar-refractivity contribution in [1.29, 1.82) is 0 Å². The molecule has 2 aromatic rings. The molecule has 0 saturated carbocycles. The first kappa shape index (κ1) is 13.6. The number of hydrogen-bond donors (Lipinski definition) is 1. The quantitative estimate of drug-likeness (QED) is 0.699. The summed E-state index contributed by atoms with van der Waals surface area (Å²) in [5.41, 5.74) is 3.28. The number of halogens is 2. The highest BCUT2D eigenvalue weighted by Crippen LogP contribution is 2.15. The Bertz CT molecular complexity index is 667. The van der Waals surface area contributed by atoms with Gasteiger partial charge in [0.1, 0.15) is 10.7 Å². The van der Waals surface area contributed by atoms with E-state index in [-0.39, 0.29) is 10.2 Å². The summed E-state index contributed by atoms with van der Waals surface area (Å²) in [7, 11) is 1.51. The molecule has 19 heavy (non-hydrogen) atoms. The van der Waals surface area contributed by atoms with E-state index in [1.54, 1.807) is 0 Å². The first-order valence-electron chi connectivity index (χ1n) is 5.36. The van der Waals surface area contributed by atoms with E-state index in [2.05, 4.69) is 15.6 Å². The smallest absolute Gasteiger partial charge is 0.274 e. The monoisotopic (exact) mass is 296 g/mol. The van der Waals surface area contributed by atoms with E-state index in [0.29, 0.717) is 5.69 Å². The number of hydrogen-bond acceptors (Lipinski definition) is 4. The van der Waals surface area contributed by atoms with Crippen LogP contribution in [-0.4, -0.2) is 15.0 Å². The van der Waals surface area contributed by atoms with Crippen molar-refractivity contribution in [3.05, 3.63) is 57.5 Å². The fraction of sp³-hybridized carbons (Fsp3) is 0.0833. The van der Waals surface area contributed by atoms with Gasteiger partial charge in [0, 0.05) is 12.6 Å². The van der Waals surface area contributed by atoms with Gasteiger partial charge in [0.25, 0.3) is 5.56 Å². The van der Waals surface area contributed by atoms with Crippen LogP contribution in [0.15, 0.2) is 46.4 Å². The van der Waals surface area contributed by atoms with Gasteiger partial charge in [0.2, 0.25) is 0 Å². The van der Waals surface area contributed by atoms with Gasteiger partial charge in [-0.2, -0.15) is 10.2 Å². The van der Waals surface area contributed by atoms with Crippen LogP contribution in [0.2, 0.25) is 5.02 Å². The van der Waals surface area contributed by atoms with Gasteiger partial charge in [0.15, 0.2) is 5.17 Å². The van der Waals surface area contributed by atoms with Crippen LogP contribution in [0.4, 0.5) is 5.69 Å². The highest BCUT2D eigenvalue weighted by Gasteiger charge is 2.07. The van der Waals surface area contributed by atoms with Crippen molar-refractivity contribution < 1.29 is 0 Å². The predicted octanol–water partition coefficient (Wildman–Crippen LogP) is 2.45. The minimum atomic E-state index is -0.405. The van der Waals surface area contributed by atoms with Gasteiger partial charge in [-0.1, -0.05) is 53.5 Å². The van der Waals surface area contributed by atoms with Crippen molar-refractivity contribution in [3.63, 3.8) is 0 Å². The highest BCUT2D eigenvalue weighted by molar-refractivity contribution is 6.69. The number of rotatable bonds is 3. The van der Waals surface area contributed by atoms with E-state index < -0.39 is 5.56 Å². The van der Waals surface area contributed by atoms with Crippen LogP contribution in [0.5, 0.6) is 0 Å². The van der Waals surface area contributed by atoms with Gasteiger partial charge < -0.3 is 0 Å². The van der Waals surface area contributed by atoms with Crippen molar-refractivity contribution in [3.8, 4) is 0 Å². The number of nitrogens with zero attached hydrogens (tertiary/aromatic N) is 3. The molecule has 0 fully saturated rings. The predicted molar refractivity (Wildman–Crippen MR) is 76.9 cm³/mol. The molecule has 0 aliphatic rings. The Morgan fingerprint density at radius 1 is 1.37 bits per heavy atom. The lowest BCUT2D eigenvalue weighted by atomic mass is 10.2. The zero-order chi connectivity index (χ0) is 13.8. The van der Waals surface area contributed by atoms with Gasteiger partial charge >= 0.3 is 0 Å². The standard InChI is InChI=1S/C12H10Cl2N4O/c1-18-12(19)10(13)9(7-15-18)16-17-11(14)8-5-3-2-4-6-8/h2-7,16H,1H3/b17-11+. The van der Waals surface area contributed by atoms with Gasteiger partial charge in [-0.3, -0.25) is 10.2 Å². The van der Waals surface area contributed by atoms with Gasteiger partial charge in [-0.05, 0) is 0 Å². The Kier molecular flexibility index (Phi) is 4.19. The number of anilines is 1. The summed E-state index contributed by atoms with van der Waals surface area (Å²) in [6.07, 6.45) is 1.41. The van der Waals surface area contributed by atoms with E-state index >= 15 is 0 Å². The number of benzene rings is 1. The van der Waals surface area contributed by atoms with E-state index in [9.17, 15) is 4.79 Å². The fourth-order valence-corrected chi connectivity index (χ4v) is 1.72. The largest absolute Gasteiger partial charge is 0.287 e. The van der Waals surface area contributed by atoms with E-state index in [4.69, 9.17) is 23.2 Å². The van der Waals surface area contributed by atoms with Crippen molar-refractivity contribution in [1.82, 2.24) is 9.78 Å². The lowest BCUT2D eigenvalue weighted by Crippen LogP contribution is -2.20. The molecule has 1 aromatic carbocycles. The van der Waals surface area contributed by atoms with Crippen molar-refractivity contribution in [2.24, 2.45) is 12.1 Å². The van der Waals surface area contributed by atoms with Crippen LogP contribution >= 0.6 is 23.2 Å². The molecule has 0 aliphatic heterocycles. The normalized spacial score (nSPS) is 11.4. The summed E-state index contributed by atoms with van der Waals surface area (Å²) >= 11 is 11.9. The molecule has 1 N–H and O–H groups in total. The molecule has 0 amide bonds. The maximum absolute atomic E-state index is 11.6. The zero-order valence-electron chi connectivity index (χ0n) is 9.97. The number of aromatic nitrogens is 2. The second-order valence-electron chi connectivity index (χ2n) is 3.68. The Labute approximate surface area is 119 Å². The zero-order valence-corrected chi connectivity index (χ0v) is 11.5. The third-order valence-corrected chi connectivity index (χ3v) is 3.03. The summed E-state index contributed by atoms with van der Waals surface area (Å²) in [6.45, 7) is 0. The Morgan fingerprint density at radius 2 is 2.05 bits per heavy atom. The van der Waals surface area contributed by atoms with Crippen molar-refractivity contribution in [2.45, 2.75) is 0 Å². The van der Waals surface area contributed by atoms with E-state index in [1.165, 1.54) is 13.2 Å². The molecule has 2 rings (SSSR count). The van der Waals surface area contributed by atoms with E-state index in [1.807, 2.05) is 30.3 Å². The highest BCUT2D eigenvalue weighted by atomic mass is 35.5. The van der Waals surface area contributed by atoms with Crippen LogP contribution in [0, 0.1) is 0 Å². The SMILES string of the molecule is Cn1ncc(N/N=C(/Cl)c2ccccc2)c(Cl)c1=O. The number of hydrazone groups is 1. The Morgan fingerprint density at radius 3 is 2.74 bits per heavy atom. The van der Waals surface area contributed by atoms with Crippen LogP contribution in [0.25, 0.3) is 0 Å². The third kappa shape index (κ3) is 3.13. The molecule has 98 valence electrons. The molecule has 0 spiro atoms. The minimum absolute atomic E-state index is 0.0128. The summed E-state index contributed by atoms with van der Waals surface area (Å²) in [6, 6.07) is 9.21. The number of aryl methyl sites for hydroxylation is 1. The van der Waals surface area contributed by atoms with Crippen LogP contribution in [0.1, 0.15) is 5.56 Å². The molecule has 1 heterocycles. The molecule has 0 saturated heterocycles. The van der Waals surface area contributed by atoms with E-state index in [0.717, 1.165) is 10.2 Å². The lowest BCUT2D eigenvalue weighted by molar-refractivity contribution is 0.708. The topological polar surface area (TPSA) is 59.3 Å². The van der Waals surface area contributed by atoms with Crippen molar-refractivity contribution >= 4 is 34.1 Å². The maximum Gasteiger partial charge on any atom is 0.287 e. The van der Waals surface area contributed by atoms with Gasteiger partial charge in [-0.25, -0.2) is 4.68 Å². The number of nitrogens with one attached hydrogen (secondary N) is 1. The molecule has 5 nitrogen and oxygen atoms in total. The second kappa shape index (κ2) is 5.86. The summed E-state index contributed by atoms with van der Waals surface area (Å²) in [4.78, 5) is 11.6. The second-order valence-corrected chi connectivity index (χ2v) is 4.42. The van der Waals surface area contributed by atoms with Crippen molar-refractivity contribution in [2.75, 3.05) is 5.43 Å². The molecule has 0 bridgehead atoms. The first-order valence-corrected chi connectivity index (χ1v) is 6.11. The summed E-state index contributed by atoms with van der Waals surface area (Å²) in [5.74, 6) is 0. The summed E-state index contributed by atoms with van der Waals surface area (Å²) < 4.78 is 1.13. The lowest BCUT2D eigenvalue weighted by Gasteiger charge is -2.04. The van der Waals surface area contributed by atoms with Gasteiger partial charge in [0.05, 0.1) is 6.20 Å². The Hall–Kier alpha value is -1.85. The maximum atomic E-state index is 11.6. The summed E-state index contributed by atoms with van der Waals surface area (Å²) in [5, 5.41) is 8.06. The third-order valence-electron chi connectivity index (χ3n) is 2.36. The molecular weight excluding hydrogens is 287 g/mol. The minimum Gasteiger partial charge on any atom is -0.274 e. The molecule has 0 aliphatic carbocycles. The molecule has 1 aromatic heterocycles. The fourth-order valence-electron chi connectivity index (χ4n) is 1.34. The Balaban J connectivity index is 2.24.